The van der Waals surface area contributed by atoms with Gasteiger partial charge in [0, 0.05) is 13.1 Å². The van der Waals surface area contributed by atoms with Crippen molar-refractivity contribution in [2.75, 3.05) is 13.1 Å². The van der Waals surface area contributed by atoms with Crippen LogP contribution in [-0.4, -0.2) is 34.0 Å². The number of amides is 1. The van der Waals surface area contributed by atoms with E-state index >= 15 is 0 Å². The lowest BCUT2D eigenvalue weighted by Crippen LogP contribution is -2.29. The van der Waals surface area contributed by atoms with Gasteiger partial charge in [0.1, 0.15) is 6.54 Å². The van der Waals surface area contributed by atoms with Crippen LogP contribution in [0.2, 0.25) is 0 Å². The Labute approximate surface area is 108 Å². The number of nitrogens with one attached hydrogen (secondary N) is 2. The van der Waals surface area contributed by atoms with Crippen molar-refractivity contribution in [3.8, 4) is 0 Å². The Bertz CT molecular complexity index is 361. The van der Waals surface area contributed by atoms with Gasteiger partial charge in [0.2, 0.25) is 5.91 Å². The van der Waals surface area contributed by atoms with E-state index in [-0.39, 0.29) is 12.5 Å². The predicted molar refractivity (Wildman–Crippen MR) is 69.9 cm³/mol. The van der Waals surface area contributed by atoms with Crippen molar-refractivity contribution in [2.45, 2.75) is 40.3 Å². The summed E-state index contributed by atoms with van der Waals surface area (Å²) < 4.78 is 1.57. The average molecular weight is 253 g/mol. The van der Waals surface area contributed by atoms with E-state index in [2.05, 4.69) is 34.8 Å². The Morgan fingerprint density at radius 2 is 2.28 bits per heavy atom. The normalized spacial score (nSPS) is 10.9. The summed E-state index contributed by atoms with van der Waals surface area (Å²) in [6, 6.07) is 0. The second-order valence-corrected chi connectivity index (χ2v) is 4.72. The first-order valence-electron chi connectivity index (χ1n) is 6.48. The molecule has 0 saturated heterocycles. The summed E-state index contributed by atoms with van der Waals surface area (Å²) in [7, 11) is 0. The monoisotopic (exact) mass is 253 g/mol. The molecule has 0 aliphatic rings. The summed E-state index contributed by atoms with van der Waals surface area (Å²) >= 11 is 0. The molecule has 1 amide bonds. The molecule has 6 heteroatoms. The molecule has 0 aromatic carbocycles. The molecule has 1 aromatic heterocycles. The first-order valence-corrected chi connectivity index (χ1v) is 6.48. The minimum absolute atomic E-state index is 0.0180. The Morgan fingerprint density at radius 1 is 1.50 bits per heavy atom. The Balaban J connectivity index is 2.28. The highest BCUT2D eigenvalue weighted by atomic mass is 16.2. The maximum absolute atomic E-state index is 11.6. The van der Waals surface area contributed by atoms with Gasteiger partial charge < -0.3 is 10.6 Å². The largest absolute Gasteiger partial charge is 0.354 e. The number of rotatable bonds is 8. The fourth-order valence-electron chi connectivity index (χ4n) is 1.45. The van der Waals surface area contributed by atoms with Crippen LogP contribution in [0.4, 0.5) is 0 Å². The van der Waals surface area contributed by atoms with Crippen LogP contribution in [0, 0.1) is 5.92 Å². The first-order chi connectivity index (χ1) is 8.61. The predicted octanol–water partition coefficient (Wildman–Crippen LogP) is 0.550. The molecule has 0 aliphatic heterocycles. The molecule has 0 fully saturated rings. The van der Waals surface area contributed by atoms with Crippen molar-refractivity contribution in [1.29, 1.82) is 0 Å². The third-order valence-electron chi connectivity index (χ3n) is 2.49. The van der Waals surface area contributed by atoms with Crippen LogP contribution in [0.1, 0.15) is 32.9 Å². The first kappa shape index (κ1) is 14.6. The molecule has 0 unspecified atom stereocenters. The molecule has 0 radical (unpaired) electrons. The molecule has 2 N–H and O–H groups in total. The molecule has 0 spiro atoms. The molecule has 0 bridgehead atoms. The lowest BCUT2D eigenvalue weighted by molar-refractivity contribution is -0.121. The van der Waals surface area contributed by atoms with Crippen LogP contribution in [0.15, 0.2) is 6.20 Å². The number of nitrogens with zero attached hydrogens (tertiary/aromatic N) is 3. The van der Waals surface area contributed by atoms with E-state index in [4.69, 9.17) is 0 Å². The third kappa shape index (κ3) is 5.77. The number of carbonyl (C=O) groups excluding carboxylic acids is 1. The van der Waals surface area contributed by atoms with Crippen molar-refractivity contribution in [3.05, 3.63) is 11.9 Å². The highest BCUT2D eigenvalue weighted by Crippen LogP contribution is 1.96. The zero-order valence-electron chi connectivity index (χ0n) is 11.4. The van der Waals surface area contributed by atoms with E-state index in [1.54, 1.807) is 10.9 Å². The fraction of sp³-hybridized carbons (Fsp3) is 0.750. The van der Waals surface area contributed by atoms with Gasteiger partial charge >= 0.3 is 0 Å². The second kappa shape index (κ2) is 7.81. The molecule has 1 heterocycles. The van der Waals surface area contributed by atoms with Crippen LogP contribution >= 0.6 is 0 Å². The van der Waals surface area contributed by atoms with Crippen molar-refractivity contribution in [1.82, 2.24) is 25.6 Å². The summed E-state index contributed by atoms with van der Waals surface area (Å²) in [6.45, 7) is 8.83. The Kier molecular flexibility index (Phi) is 6.35. The summed E-state index contributed by atoms with van der Waals surface area (Å²) in [5, 5.41) is 13.9. The molecule has 0 aliphatic carbocycles. The zero-order valence-corrected chi connectivity index (χ0v) is 11.4. The van der Waals surface area contributed by atoms with Crippen molar-refractivity contribution >= 4 is 5.91 Å². The van der Waals surface area contributed by atoms with Crippen LogP contribution in [-0.2, 0) is 17.9 Å². The summed E-state index contributed by atoms with van der Waals surface area (Å²) in [4.78, 5) is 11.6. The van der Waals surface area contributed by atoms with Crippen LogP contribution in [0.3, 0.4) is 0 Å². The number of hydrogen-bond acceptors (Lipinski definition) is 4. The second-order valence-electron chi connectivity index (χ2n) is 4.72. The van der Waals surface area contributed by atoms with Gasteiger partial charge in [-0.3, -0.25) is 4.79 Å². The van der Waals surface area contributed by atoms with Gasteiger partial charge in [0.05, 0.1) is 11.9 Å². The summed E-state index contributed by atoms with van der Waals surface area (Å²) in [5.74, 6) is 0.582. The molecule has 0 atom stereocenters. The van der Waals surface area contributed by atoms with E-state index in [9.17, 15) is 4.79 Å². The minimum Gasteiger partial charge on any atom is -0.354 e. The number of hydrogen-bond donors (Lipinski definition) is 2. The van der Waals surface area contributed by atoms with E-state index in [0.717, 1.165) is 25.2 Å². The minimum atomic E-state index is -0.0180. The number of carbonyl (C=O) groups is 1. The zero-order chi connectivity index (χ0) is 13.4. The van der Waals surface area contributed by atoms with Gasteiger partial charge in [-0.05, 0) is 18.9 Å². The molecular weight excluding hydrogens is 230 g/mol. The lowest BCUT2D eigenvalue weighted by Gasteiger charge is -2.06. The van der Waals surface area contributed by atoms with Crippen molar-refractivity contribution < 1.29 is 4.79 Å². The standard InChI is InChI=1S/C12H23N5O/c1-4-13-7-11-8-17(16-15-11)9-12(18)14-6-5-10(2)3/h8,10,13H,4-7,9H2,1-3H3,(H,14,18). The maximum Gasteiger partial charge on any atom is 0.241 e. The molecule has 1 rings (SSSR count). The molecular formula is C12H23N5O. The average Bonchev–Trinajstić information content (AvgIpc) is 2.73. The van der Waals surface area contributed by atoms with Crippen molar-refractivity contribution in [3.63, 3.8) is 0 Å². The molecule has 18 heavy (non-hydrogen) atoms. The van der Waals surface area contributed by atoms with E-state index < -0.39 is 0 Å². The highest BCUT2D eigenvalue weighted by Gasteiger charge is 2.05. The maximum atomic E-state index is 11.6. The van der Waals surface area contributed by atoms with E-state index in [1.807, 2.05) is 6.92 Å². The van der Waals surface area contributed by atoms with Gasteiger partial charge in [0.15, 0.2) is 0 Å². The van der Waals surface area contributed by atoms with Crippen LogP contribution in [0.25, 0.3) is 0 Å². The SMILES string of the molecule is CCNCc1cn(CC(=O)NCCC(C)C)nn1. The Morgan fingerprint density at radius 3 is 2.94 bits per heavy atom. The lowest BCUT2D eigenvalue weighted by atomic mass is 10.1. The van der Waals surface area contributed by atoms with Crippen molar-refractivity contribution in [2.24, 2.45) is 5.92 Å². The van der Waals surface area contributed by atoms with Crippen LogP contribution in [0.5, 0.6) is 0 Å². The van der Waals surface area contributed by atoms with E-state index in [0.29, 0.717) is 12.5 Å². The highest BCUT2D eigenvalue weighted by molar-refractivity contribution is 5.75. The smallest absolute Gasteiger partial charge is 0.241 e. The quantitative estimate of drug-likeness (QED) is 0.709. The van der Waals surface area contributed by atoms with E-state index in [1.165, 1.54) is 0 Å². The van der Waals surface area contributed by atoms with Gasteiger partial charge in [-0.25, -0.2) is 4.68 Å². The topological polar surface area (TPSA) is 71.8 Å². The van der Waals surface area contributed by atoms with Gasteiger partial charge in [-0.15, -0.1) is 5.10 Å². The Hall–Kier alpha value is -1.43. The molecule has 6 nitrogen and oxygen atoms in total. The summed E-state index contributed by atoms with van der Waals surface area (Å²) in [6.07, 6.45) is 2.79. The third-order valence-corrected chi connectivity index (χ3v) is 2.49. The van der Waals surface area contributed by atoms with Gasteiger partial charge in [-0.2, -0.15) is 0 Å². The molecule has 102 valence electrons. The number of aromatic nitrogens is 3. The van der Waals surface area contributed by atoms with Crippen LogP contribution < -0.4 is 10.6 Å². The fourth-order valence-corrected chi connectivity index (χ4v) is 1.45. The summed E-state index contributed by atoms with van der Waals surface area (Å²) in [5.41, 5.74) is 0.854. The molecule has 0 saturated carbocycles. The molecule has 1 aromatic rings. The van der Waals surface area contributed by atoms with Gasteiger partial charge in [-0.1, -0.05) is 26.0 Å². The van der Waals surface area contributed by atoms with Gasteiger partial charge in [0.25, 0.3) is 0 Å².